The van der Waals surface area contributed by atoms with Crippen molar-refractivity contribution in [2.24, 2.45) is 0 Å². The molecule has 8 aromatic carbocycles. The third-order valence-corrected chi connectivity index (χ3v) is 23.9. The van der Waals surface area contributed by atoms with Crippen LogP contribution in [-0.2, 0) is 0 Å². The topological polar surface area (TPSA) is 0 Å². The van der Waals surface area contributed by atoms with E-state index in [-0.39, 0.29) is 0 Å². The van der Waals surface area contributed by atoms with E-state index in [1.54, 1.807) is 0 Å². The second-order valence-corrected chi connectivity index (χ2v) is 24.6. The SMILES string of the molecule is Fc1c(F)c(F)c([P+](c2c(F)c(F)c(F)c(F)c2F)(c2c(F)c(F)c(F)c(F)c2F)c2c(F)c(F)c(F)c(F)c2F)c(F)c1F.c1ccc([As](c2ccccc2)(c2ccccc2)c2ccccc2)cc1. The van der Waals surface area contributed by atoms with Crippen molar-refractivity contribution in [2.45, 2.75) is 0 Å². The summed E-state index contributed by atoms with van der Waals surface area (Å²) < 4.78 is 300. The van der Waals surface area contributed by atoms with E-state index < -0.39 is 158 Å². The standard InChI is InChI=1S/C24H20As.C24F20P/c1-5-13-21(14-6-1)25(22-15-7-2-8-16-22,23-17-9-3-10-18-23)24-19-11-4-12-20-24;25-1-5(29)13(37)21(14(38)6(1)30)45(22-15(39)7(31)2(26)8(32)16(22)40,23-17(41)9(33)3(27)10(34)18(23)42)24-19(43)11(35)4(28)12(36)20(24)44/h1-20H;/q;+1. The molecule has 0 spiro atoms. The fraction of sp³-hybridized carbons (Fsp3) is 0. The van der Waals surface area contributed by atoms with Gasteiger partial charge in [0.1, 0.15) is 0 Å². The van der Waals surface area contributed by atoms with E-state index in [4.69, 9.17) is 0 Å². The first-order valence-corrected chi connectivity index (χ1v) is 24.8. The van der Waals surface area contributed by atoms with Gasteiger partial charge in [0.2, 0.25) is 116 Å². The van der Waals surface area contributed by atoms with Crippen LogP contribution in [0.15, 0.2) is 121 Å². The molecule has 0 atom stereocenters. The average molecular weight is 1080 g/mol. The van der Waals surface area contributed by atoms with Crippen LogP contribution in [0.3, 0.4) is 0 Å². The fourth-order valence-electron chi connectivity index (χ4n) is 7.72. The van der Waals surface area contributed by atoms with Crippen LogP contribution in [0.1, 0.15) is 0 Å². The van der Waals surface area contributed by atoms with Crippen LogP contribution in [0, 0.1) is 116 Å². The van der Waals surface area contributed by atoms with Crippen LogP contribution in [-0.4, -0.2) is 13.6 Å². The summed E-state index contributed by atoms with van der Waals surface area (Å²) in [6.07, 6.45) is 0. The Morgan fingerprint density at radius 2 is 0.314 bits per heavy atom. The quantitative estimate of drug-likeness (QED) is 0.0468. The maximum absolute atomic E-state index is 15.4. The van der Waals surface area contributed by atoms with E-state index in [1.807, 2.05) is 0 Å². The van der Waals surface area contributed by atoms with Gasteiger partial charge in [-0.05, 0) is 0 Å². The van der Waals surface area contributed by atoms with Crippen molar-refractivity contribution in [1.82, 2.24) is 0 Å². The molecule has 0 saturated carbocycles. The predicted molar refractivity (Wildman–Crippen MR) is 220 cm³/mol. The first-order valence-electron chi connectivity index (χ1n) is 19.2. The van der Waals surface area contributed by atoms with Crippen LogP contribution >= 0.6 is 7.26 Å². The minimum atomic E-state index is -8.09. The molecule has 0 heterocycles. The van der Waals surface area contributed by atoms with Gasteiger partial charge in [-0.25, -0.2) is 52.7 Å². The number of halogens is 20. The molecule has 1 radical (unpaired) electrons. The van der Waals surface area contributed by atoms with Gasteiger partial charge in [-0.3, -0.25) is 0 Å². The number of hydrogen-bond acceptors (Lipinski definition) is 0. The average Bonchev–Trinajstić information content (AvgIpc) is 3.38. The molecule has 70 heavy (non-hydrogen) atoms. The fourth-order valence-corrected chi connectivity index (χ4v) is 21.2. The van der Waals surface area contributed by atoms with Crippen LogP contribution in [0.4, 0.5) is 87.8 Å². The molecular formula is C48H20AsF20P+. The summed E-state index contributed by atoms with van der Waals surface area (Å²) in [4.78, 5) is 0. The van der Waals surface area contributed by atoms with E-state index >= 15 is 35.1 Å². The minimum absolute atomic E-state index is 1.45. The van der Waals surface area contributed by atoms with E-state index in [0.717, 1.165) is 0 Å². The van der Waals surface area contributed by atoms with Gasteiger partial charge >= 0.3 is 152 Å². The zero-order valence-electron chi connectivity index (χ0n) is 34.0. The summed E-state index contributed by atoms with van der Waals surface area (Å²) in [5.41, 5.74) is 0. The normalized spacial score (nSPS) is 11.7. The van der Waals surface area contributed by atoms with Crippen molar-refractivity contribution in [2.75, 3.05) is 0 Å². The van der Waals surface area contributed by atoms with E-state index in [0.29, 0.717) is 0 Å². The second-order valence-electron chi connectivity index (χ2n) is 14.4. The third-order valence-electron chi connectivity index (χ3n) is 10.7. The van der Waals surface area contributed by atoms with Crippen molar-refractivity contribution in [3.05, 3.63) is 238 Å². The summed E-state index contributed by atoms with van der Waals surface area (Å²) in [5.74, 6) is -71.1. The summed E-state index contributed by atoms with van der Waals surface area (Å²) >= 11 is -2.77. The molecule has 0 aromatic heterocycles. The Morgan fingerprint density at radius 1 is 0.186 bits per heavy atom. The molecule has 0 aliphatic rings. The van der Waals surface area contributed by atoms with Crippen molar-refractivity contribution in [3.63, 3.8) is 0 Å². The molecule has 0 fully saturated rings. The van der Waals surface area contributed by atoms with Crippen LogP contribution < -0.4 is 38.6 Å². The van der Waals surface area contributed by atoms with Gasteiger partial charge in [-0.15, -0.1) is 0 Å². The van der Waals surface area contributed by atoms with Gasteiger partial charge in [0.25, 0.3) is 0 Å². The monoisotopic (exact) mass is 1080 g/mol. The van der Waals surface area contributed by atoms with Crippen LogP contribution in [0.5, 0.6) is 0 Å². The van der Waals surface area contributed by atoms with Crippen molar-refractivity contribution in [3.8, 4) is 0 Å². The van der Waals surface area contributed by atoms with Crippen molar-refractivity contribution in [1.29, 1.82) is 0 Å². The Labute approximate surface area is 383 Å². The Kier molecular flexibility index (Phi) is 14.4. The molecule has 0 bridgehead atoms. The van der Waals surface area contributed by atoms with Crippen LogP contribution in [0.25, 0.3) is 0 Å². The number of hydrogen-bond donors (Lipinski definition) is 0. The summed E-state index contributed by atoms with van der Waals surface area (Å²) in [6, 6.07) is 44.2. The van der Waals surface area contributed by atoms with Gasteiger partial charge in [0.05, 0.1) is 0 Å². The Balaban J connectivity index is 0.000000242. The molecule has 8 rings (SSSR count). The predicted octanol–water partition coefficient (Wildman–Crippen LogP) is 10.2. The van der Waals surface area contributed by atoms with Crippen molar-refractivity contribution < 1.29 is 87.8 Å². The summed E-state index contributed by atoms with van der Waals surface area (Å²) in [7, 11) is -8.09. The first kappa shape index (κ1) is 51.2. The molecule has 22 heteroatoms. The van der Waals surface area contributed by atoms with Gasteiger partial charge in [-0.2, -0.15) is 35.1 Å². The first-order chi connectivity index (χ1) is 33.1. The Bertz CT molecular complexity index is 2760. The van der Waals surface area contributed by atoms with Gasteiger partial charge in [0, 0.05) is 0 Å². The third kappa shape index (κ3) is 7.79. The molecule has 0 aliphatic carbocycles. The number of benzene rings is 8. The molecule has 0 amide bonds. The van der Waals surface area contributed by atoms with Crippen LogP contribution in [0.2, 0.25) is 0 Å². The van der Waals surface area contributed by atoms with Crippen molar-refractivity contribution >= 4 is 59.4 Å². The summed E-state index contributed by atoms with van der Waals surface area (Å²) in [6.45, 7) is 0. The van der Waals surface area contributed by atoms with E-state index in [9.17, 15) is 52.7 Å². The molecule has 361 valence electrons. The molecule has 0 unspecified atom stereocenters. The molecular weight excluding hydrogens is 1060 g/mol. The molecule has 8 aromatic rings. The van der Waals surface area contributed by atoms with E-state index in [2.05, 4.69) is 121 Å². The van der Waals surface area contributed by atoms with E-state index in [1.165, 1.54) is 17.4 Å². The molecule has 0 N–H and O–H groups in total. The maximum atomic E-state index is 15.4. The zero-order chi connectivity index (χ0) is 51.3. The molecule has 0 nitrogen and oxygen atoms in total. The Morgan fingerprint density at radius 3 is 0.457 bits per heavy atom. The van der Waals surface area contributed by atoms with Gasteiger partial charge in [0.15, 0.2) is 28.5 Å². The molecule has 0 saturated heterocycles. The zero-order valence-corrected chi connectivity index (χ0v) is 36.8. The second kappa shape index (κ2) is 19.6. The summed E-state index contributed by atoms with van der Waals surface area (Å²) in [5, 5.41) is -14.1. The number of rotatable bonds is 8. The Hall–Kier alpha value is -6.65. The van der Waals surface area contributed by atoms with Gasteiger partial charge < -0.3 is 0 Å². The molecule has 0 aliphatic heterocycles. The van der Waals surface area contributed by atoms with Gasteiger partial charge in [-0.1, -0.05) is 0 Å².